The molecule has 0 radical (unpaired) electrons. The summed E-state index contributed by atoms with van der Waals surface area (Å²) in [5, 5.41) is 13.1. The Balaban J connectivity index is 1.81. The number of ether oxygens (including phenoxy) is 2. The number of carbonyl (C=O) groups excluding carboxylic acids is 1. The summed E-state index contributed by atoms with van der Waals surface area (Å²) in [5.74, 6) is 0.409. The number of hydrogen-bond acceptors (Lipinski definition) is 4. The van der Waals surface area contributed by atoms with Crippen molar-refractivity contribution in [1.82, 2.24) is 0 Å². The second kappa shape index (κ2) is 11.2. The molecule has 8 heteroatoms. The number of nitrogens with one attached hydrogen (secondary N) is 1. The topological polar surface area (TPSA) is 71.3 Å². The van der Waals surface area contributed by atoms with Crippen LogP contribution in [-0.4, -0.2) is 13.0 Å². The third-order valence-corrected chi connectivity index (χ3v) is 5.93. The fraction of sp³-hybridized carbons (Fsp3) is 0.120. The van der Waals surface area contributed by atoms with Gasteiger partial charge in [0.1, 0.15) is 18.2 Å². The first kappa shape index (κ1) is 24.7. The molecule has 5 nitrogen and oxygen atoms in total. The van der Waals surface area contributed by atoms with Crippen molar-refractivity contribution in [2.24, 2.45) is 0 Å². The molecule has 0 bridgehead atoms. The first-order valence-electron chi connectivity index (χ1n) is 9.74. The number of aryl methyl sites for hydroxylation is 1. The minimum Gasteiger partial charge on any atom is -0.493 e. The van der Waals surface area contributed by atoms with Gasteiger partial charge in [-0.25, -0.2) is 0 Å². The molecule has 0 fully saturated rings. The first-order chi connectivity index (χ1) is 15.8. The van der Waals surface area contributed by atoms with E-state index in [0.29, 0.717) is 37.3 Å². The van der Waals surface area contributed by atoms with E-state index in [1.54, 1.807) is 36.4 Å². The zero-order valence-corrected chi connectivity index (χ0v) is 20.9. The summed E-state index contributed by atoms with van der Waals surface area (Å²) < 4.78 is 12.0. The maximum absolute atomic E-state index is 12.6. The lowest BCUT2D eigenvalue weighted by Gasteiger charge is -2.14. The van der Waals surface area contributed by atoms with Gasteiger partial charge in [-0.2, -0.15) is 5.26 Å². The van der Waals surface area contributed by atoms with Crippen molar-refractivity contribution in [2.75, 3.05) is 12.4 Å². The first-order valence-corrected chi connectivity index (χ1v) is 11.3. The molecule has 0 unspecified atom stereocenters. The Morgan fingerprint density at radius 2 is 1.85 bits per heavy atom. The summed E-state index contributed by atoms with van der Waals surface area (Å²) in [5.41, 5.74) is 3.06. The van der Waals surface area contributed by atoms with Crippen LogP contribution in [0.5, 0.6) is 11.5 Å². The Hall–Kier alpha value is -2.98. The molecule has 3 rings (SSSR count). The summed E-state index contributed by atoms with van der Waals surface area (Å²) in [6, 6.07) is 17.9. The Bertz CT molecular complexity index is 1250. The predicted octanol–water partition coefficient (Wildman–Crippen LogP) is 7.20. The van der Waals surface area contributed by atoms with Gasteiger partial charge in [-0.05, 0) is 76.5 Å². The monoisotopic (exact) mass is 544 g/mol. The van der Waals surface area contributed by atoms with E-state index >= 15 is 0 Å². The van der Waals surface area contributed by atoms with Crippen LogP contribution in [0, 0.1) is 18.3 Å². The largest absolute Gasteiger partial charge is 0.493 e. The number of methoxy groups -OCH3 is 1. The molecule has 0 spiro atoms. The molecular formula is C25H19BrCl2N2O3. The van der Waals surface area contributed by atoms with Gasteiger partial charge >= 0.3 is 0 Å². The molecule has 0 aliphatic carbocycles. The maximum Gasteiger partial charge on any atom is 0.266 e. The highest BCUT2D eigenvalue weighted by Gasteiger charge is 2.14. The zero-order valence-electron chi connectivity index (χ0n) is 17.8. The Morgan fingerprint density at radius 1 is 1.12 bits per heavy atom. The van der Waals surface area contributed by atoms with Crippen molar-refractivity contribution in [3.8, 4) is 17.6 Å². The van der Waals surface area contributed by atoms with E-state index in [2.05, 4.69) is 21.2 Å². The fourth-order valence-electron chi connectivity index (χ4n) is 2.90. The highest BCUT2D eigenvalue weighted by atomic mass is 79.9. The van der Waals surface area contributed by atoms with Crippen LogP contribution in [0.15, 0.2) is 64.6 Å². The zero-order chi connectivity index (χ0) is 24.0. The van der Waals surface area contributed by atoms with Crippen molar-refractivity contribution in [3.05, 3.63) is 91.4 Å². The molecule has 1 N–H and O–H groups in total. The van der Waals surface area contributed by atoms with Crippen molar-refractivity contribution in [3.63, 3.8) is 0 Å². The number of amides is 1. The summed E-state index contributed by atoms with van der Waals surface area (Å²) in [6.45, 7) is 2.19. The summed E-state index contributed by atoms with van der Waals surface area (Å²) in [7, 11) is 1.51. The van der Waals surface area contributed by atoms with Crippen molar-refractivity contribution in [1.29, 1.82) is 5.26 Å². The average Bonchev–Trinajstić information content (AvgIpc) is 2.80. The SMILES string of the molecule is COc1cc(/C=C(/C#N)C(=O)Nc2ccc(C)cc2)cc(Br)c1OCc1ccc(Cl)c(Cl)c1. The lowest BCUT2D eigenvalue weighted by molar-refractivity contribution is -0.112. The van der Waals surface area contributed by atoms with Crippen LogP contribution >= 0.6 is 39.1 Å². The molecule has 33 heavy (non-hydrogen) atoms. The predicted molar refractivity (Wildman–Crippen MR) is 135 cm³/mol. The molecule has 1 amide bonds. The third kappa shape index (κ3) is 6.52. The van der Waals surface area contributed by atoms with E-state index in [1.165, 1.54) is 13.2 Å². The van der Waals surface area contributed by atoms with Gasteiger partial charge in [-0.1, -0.05) is 47.0 Å². The second-order valence-electron chi connectivity index (χ2n) is 7.06. The molecule has 0 saturated carbocycles. The van der Waals surface area contributed by atoms with E-state index in [0.717, 1.165) is 11.1 Å². The molecule has 3 aromatic carbocycles. The van der Waals surface area contributed by atoms with E-state index in [1.807, 2.05) is 31.2 Å². The van der Waals surface area contributed by atoms with Gasteiger partial charge in [0.25, 0.3) is 5.91 Å². The van der Waals surface area contributed by atoms with Gasteiger partial charge in [0.05, 0.1) is 21.6 Å². The second-order valence-corrected chi connectivity index (χ2v) is 8.73. The van der Waals surface area contributed by atoms with Gasteiger partial charge in [-0.3, -0.25) is 4.79 Å². The highest BCUT2D eigenvalue weighted by Crippen LogP contribution is 2.38. The van der Waals surface area contributed by atoms with E-state index in [9.17, 15) is 10.1 Å². The van der Waals surface area contributed by atoms with Gasteiger partial charge in [-0.15, -0.1) is 0 Å². The number of anilines is 1. The summed E-state index contributed by atoms with van der Waals surface area (Å²) in [6.07, 6.45) is 1.49. The minimum atomic E-state index is -0.503. The summed E-state index contributed by atoms with van der Waals surface area (Å²) >= 11 is 15.5. The number of nitrogens with zero attached hydrogens (tertiary/aromatic N) is 1. The number of carbonyl (C=O) groups is 1. The smallest absolute Gasteiger partial charge is 0.266 e. The number of benzene rings is 3. The molecule has 0 aromatic heterocycles. The summed E-state index contributed by atoms with van der Waals surface area (Å²) in [4.78, 5) is 12.6. The lowest BCUT2D eigenvalue weighted by Crippen LogP contribution is -2.13. The molecule has 3 aromatic rings. The van der Waals surface area contributed by atoms with E-state index in [4.69, 9.17) is 32.7 Å². The van der Waals surface area contributed by atoms with E-state index in [-0.39, 0.29) is 12.2 Å². The van der Waals surface area contributed by atoms with Crippen molar-refractivity contribution < 1.29 is 14.3 Å². The minimum absolute atomic E-state index is 0.0472. The van der Waals surface area contributed by atoms with E-state index < -0.39 is 5.91 Å². The molecule has 0 heterocycles. The number of halogens is 3. The fourth-order valence-corrected chi connectivity index (χ4v) is 3.79. The molecule has 0 atom stereocenters. The lowest BCUT2D eigenvalue weighted by atomic mass is 10.1. The number of nitriles is 1. The van der Waals surface area contributed by atoms with Crippen LogP contribution in [0.1, 0.15) is 16.7 Å². The van der Waals surface area contributed by atoms with Crippen LogP contribution in [0.2, 0.25) is 10.0 Å². The average molecular weight is 546 g/mol. The van der Waals surface area contributed by atoms with Crippen LogP contribution in [0.3, 0.4) is 0 Å². The quantitative estimate of drug-likeness (QED) is 0.252. The van der Waals surface area contributed by atoms with Crippen molar-refractivity contribution in [2.45, 2.75) is 13.5 Å². The Labute approximate surface area is 210 Å². The Morgan fingerprint density at radius 3 is 2.48 bits per heavy atom. The van der Waals surface area contributed by atoms with Crippen molar-refractivity contribution >= 4 is 56.8 Å². The maximum atomic E-state index is 12.6. The van der Waals surface area contributed by atoms with Gasteiger partial charge in [0, 0.05) is 5.69 Å². The van der Waals surface area contributed by atoms with Crippen LogP contribution in [0.25, 0.3) is 6.08 Å². The number of rotatable bonds is 7. The van der Waals surface area contributed by atoms with Crippen LogP contribution in [0.4, 0.5) is 5.69 Å². The third-order valence-electron chi connectivity index (χ3n) is 4.60. The van der Waals surface area contributed by atoms with Crippen LogP contribution < -0.4 is 14.8 Å². The molecule has 0 aliphatic heterocycles. The Kier molecular flexibility index (Phi) is 8.40. The van der Waals surface area contributed by atoms with Gasteiger partial charge in [0.2, 0.25) is 0 Å². The van der Waals surface area contributed by atoms with Crippen LogP contribution in [-0.2, 0) is 11.4 Å². The van der Waals surface area contributed by atoms with Gasteiger partial charge in [0.15, 0.2) is 11.5 Å². The molecule has 0 saturated heterocycles. The highest BCUT2D eigenvalue weighted by molar-refractivity contribution is 9.10. The normalized spacial score (nSPS) is 11.0. The number of hydrogen-bond donors (Lipinski definition) is 1. The molecular weight excluding hydrogens is 527 g/mol. The van der Waals surface area contributed by atoms with Gasteiger partial charge < -0.3 is 14.8 Å². The standard InChI is InChI=1S/C25H19BrCl2N2O3/c1-15-3-6-19(7-4-15)30-25(31)18(13-29)9-17-10-20(26)24(23(12-17)32-2)33-14-16-5-8-21(27)22(28)11-16/h3-12H,14H2,1-2H3,(H,30,31)/b18-9-. The molecule has 168 valence electrons. The molecule has 0 aliphatic rings.